The number of carbonyl (C=O) groups excluding carboxylic acids is 1. The molecule has 1 aromatic heterocycles. The Balaban J connectivity index is 2.20. The topological polar surface area (TPSA) is 80.0 Å². The first-order valence-corrected chi connectivity index (χ1v) is 7.90. The summed E-state index contributed by atoms with van der Waals surface area (Å²) in [5.74, 6) is -1.18. The first kappa shape index (κ1) is 20.4. The lowest BCUT2D eigenvalue weighted by molar-refractivity contribution is -0.137. The van der Waals surface area contributed by atoms with Gasteiger partial charge in [-0.1, -0.05) is 0 Å². The number of primary amides is 1. The summed E-state index contributed by atoms with van der Waals surface area (Å²) >= 11 is 0. The zero-order valence-corrected chi connectivity index (χ0v) is 14.4. The maximum Gasteiger partial charge on any atom is 0.416 e. The number of nitrogens with zero attached hydrogens (tertiary/aromatic N) is 1. The van der Waals surface area contributed by atoms with Crippen molar-refractivity contribution in [1.82, 2.24) is 10.3 Å². The van der Waals surface area contributed by atoms with Crippen LogP contribution >= 0.6 is 0 Å². The second-order valence-electron chi connectivity index (χ2n) is 5.78. The summed E-state index contributed by atoms with van der Waals surface area (Å²) in [6, 6.07) is 5.62. The number of pyridine rings is 1. The van der Waals surface area contributed by atoms with E-state index < -0.39 is 23.5 Å². The zero-order valence-electron chi connectivity index (χ0n) is 14.4. The van der Waals surface area contributed by atoms with E-state index in [1.165, 1.54) is 12.4 Å². The lowest BCUT2D eigenvalue weighted by Gasteiger charge is -2.10. The van der Waals surface area contributed by atoms with Gasteiger partial charge in [-0.15, -0.1) is 0 Å². The van der Waals surface area contributed by atoms with Crippen LogP contribution in [-0.4, -0.2) is 24.5 Å². The summed E-state index contributed by atoms with van der Waals surface area (Å²) < 4.78 is 52.0. The molecular formula is C18H18F4N4O. The first-order valence-electron chi connectivity index (χ1n) is 7.90. The second-order valence-corrected chi connectivity index (χ2v) is 5.78. The number of hydrogen-bond acceptors (Lipinski definition) is 4. The number of carbonyl (C=O) groups is 1. The normalized spacial score (nSPS) is 12.1. The molecule has 0 fully saturated rings. The van der Waals surface area contributed by atoms with Crippen molar-refractivity contribution >= 4 is 11.7 Å². The van der Waals surface area contributed by atoms with Gasteiger partial charge in [-0.3, -0.25) is 4.79 Å². The van der Waals surface area contributed by atoms with Crippen molar-refractivity contribution in [1.29, 1.82) is 0 Å². The fourth-order valence-electron chi connectivity index (χ4n) is 2.38. The SMILES string of the molecule is CNC/C(=C\Nc1cc(Cc2cc(F)cc(C(F)(F)F)c2)ccn1)C(N)=O. The summed E-state index contributed by atoms with van der Waals surface area (Å²) in [5.41, 5.74) is 5.31. The fourth-order valence-corrected chi connectivity index (χ4v) is 2.38. The molecule has 0 bridgehead atoms. The number of alkyl halides is 3. The number of nitrogens with one attached hydrogen (secondary N) is 2. The van der Waals surface area contributed by atoms with E-state index in [4.69, 9.17) is 5.73 Å². The molecular weight excluding hydrogens is 364 g/mol. The summed E-state index contributed by atoms with van der Waals surface area (Å²) in [5, 5.41) is 5.61. The number of nitrogens with two attached hydrogens (primary N) is 1. The Hall–Kier alpha value is -2.94. The van der Waals surface area contributed by atoms with E-state index in [2.05, 4.69) is 15.6 Å². The molecule has 2 aromatic rings. The summed E-state index contributed by atoms with van der Waals surface area (Å²) in [6.07, 6.45) is -1.68. The van der Waals surface area contributed by atoms with Gasteiger partial charge in [-0.25, -0.2) is 9.37 Å². The van der Waals surface area contributed by atoms with Gasteiger partial charge < -0.3 is 16.4 Å². The highest BCUT2D eigenvalue weighted by Gasteiger charge is 2.31. The maximum atomic E-state index is 13.5. The Kier molecular flexibility index (Phi) is 6.51. The van der Waals surface area contributed by atoms with Gasteiger partial charge in [-0.2, -0.15) is 13.2 Å². The Morgan fingerprint density at radius 1 is 1.22 bits per heavy atom. The smallest absolute Gasteiger partial charge is 0.366 e. The number of likely N-dealkylation sites (N-methyl/N-ethyl adjacent to an activating group) is 1. The van der Waals surface area contributed by atoms with E-state index in [0.29, 0.717) is 23.0 Å². The third kappa shape index (κ3) is 6.07. The molecule has 0 unspecified atom stereocenters. The fraction of sp³-hybridized carbons (Fsp3) is 0.222. The number of halogens is 4. The van der Waals surface area contributed by atoms with Crippen LogP contribution in [0.3, 0.4) is 0 Å². The van der Waals surface area contributed by atoms with E-state index in [1.54, 1.807) is 19.2 Å². The maximum absolute atomic E-state index is 13.5. The van der Waals surface area contributed by atoms with Gasteiger partial charge in [-0.05, 0) is 54.9 Å². The van der Waals surface area contributed by atoms with Crippen molar-refractivity contribution in [2.75, 3.05) is 18.9 Å². The number of hydrogen-bond donors (Lipinski definition) is 3. The Bertz CT molecular complexity index is 849. The van der Waals surface area contributed by atoms with Gasteiger partial charge >= 0.3 is 6.18 Å². The van der Waals surface area contributed by atoms with Crippen LogP contribution in [0.2, 0.25) is 0 Å². The molecule has 27 heavy (non-hydrogen) atoms. The molecule has 0 aliphatic heterocycles. The minimum Gasteiger partial charge on any atom is -0.366 e. The average Bonchev–Trinajstić information content (AvgIpc) is 2.57. The Morgan fingerprint density at radius 2 is 1.96 bits per heavy atom. The number of benzene rings is 1. The molecule has 9 heteroatoms. The quantitative estimate of drug-likeness (QED) is 0.508. The van der Waals surface area contributed by atoms with Crippen molar-refractivity contribution < 1.29 is 22.4 Å². The van der Waals surface area contributed by atoms with Gasteiger partial charge in [0, 0.05) is 24.5 Å². The van der Waals surface area contributed by atoms with Crippen molar-refractivity contribution in [2.45, 2.75) is 12.6 Å². The lowest BCUT2D eigenvalue weighted by atomic mass is 10.0. The van der Waals surface area contributed by atoms with Crippen molar-refractivity contribution in [3.8, 4) is 0 Å². The molecule has 5 nitrogen and oxygen atoms in total. The summed E-state index contributed by atoms with van der Waals surface area (Å²) in [4.78, 5) is 15.4. The van der Waals surface area contributed by atoms with E-state index in [-0.39, 0.29) is 18.5 Å². The standard InChI is InChI=1S/C18H18F4N4O/c1-24-9-13(17(23)27)10-26-16-7-11(2-3-25-16)4-12-5-14(18(20,21)22)8-15(19)6-12/h2-3,5-8,10,24H,4,9H2,1H3,(H2,23,27)(H,25,26)/b13-10+. The minimum atomic E-state index is -4.62. The third-order valence-electron chi connectivity index (χ3n) is 3.60. The predicted molar refractivity (Wildman–Crippen MR) is 93.3 cm³/mol. The molecule has 2 rings (SSSR count). The number of amides is 1. The molecule has 1 heterocycles. The van der Waals surface area contributed by atoms with Crippen LogP contribution in [0.25, 0.3) is 0 Å². The van der Waals surface area contributed by atoms with Crippen LogP contribution in [0, 0.1) is 5.82 Å². The molecule has 144 valence electrons. The molecule has 0 spiro atoms. The average molecular weight is 382 g/mol. The van der Waals surface area contributed by atoms with Gasteiger partial charge in [0.2, 0.25) is 5.91 Å². The van der Waals surface area contributed by atoms with Crippen LogP contribution < -0.4 is 16.4 Å². The Labute approximate surface area is 153 Å². The highest BCUT2D eigenvalue weighted by molar-refractivity contribution is 5.92. The monoisotopic (exact) mass is 382 g/mol. The molecule has 0 atom stereocenters. The summed E-state index contributed by atoms with van der Waals surface area (Å²) in [7, 11) is 1.66. The minimum absolute atomic E-state index is 0.0843. The van der Waals surface area contributed by atoms with Crippen LogP contribution in [0.4, 0.5) is 23.4 Å². The van der Waals surface area contributed by atoms with Crippen LogP contribution in [0.5, 0.6) is 0 Å². The molecule has 0 saturated heterocycles. The largest absolute Gasteiger partial charge is 0.416 e. The van der Waals surface area contributed by atoms with Gasteiger partial charge in [0.05, 0.1) is 5.56 Å². The van der Waals surface area contributed by atoms with E-state index in [9.17, 15) is 22.4 Å². The molecule has 1 amide bonds. The number of aromatic nitrogens is 1. The molecule has 0 radical (unpaired) electrons. The van der Waals surface area contributed by atoms with E-state index in [1.807, 2.05) is 0 Å². The second kappa shape index (κ2) is 8.63. The zero-order chi connectivity index (χ0) is 20.0. The van der Waals surface area contributed by atoms with E-state index in [0.717, 1.165) is 12.1 Å². The third-order valence-corrected chi connectivity index (χ3v) is 3.60. The highest BCUT2D eigenvalue weighted by Crippen LogP contribution is 2.31. The number of anilines is 1. The van der Waals surface area contributed by atoms with E-state index >= 15 is 0 Å². The van der Waals surface area contributed by atoms with Crippen LogP contribution in [0.1, 0.15) is 16.7 Å². The van der Waals surface area contributed by atoms with Crippen molar-refractivity contribution in [3.05, 3.63) is 70.8 Å². The summed E-state index contributed by atoms with van der Waals surface area (Å²) in [6.45, 7) is 0.255. The molecule has 0 saturated carbocycles. The van der Waals surface area contributed by atoms with Crippen molar-refractivity contribution in [3.63, 3.8) is 0 Å². The van der Waals surface area contributed by atoms with Gasteiger partial charge in [0.1, 0.15) is 11.6 Å². The van der Waals surface area contributed by atoms with Crippen LogP contribution in [-0.2, 0) is 17.4 Å². The molecule has 1 aromatic carbocycles. The molecule has 0 aliphatic rings. The first-order chi connectivity index (χ1) is 12.7. The Morgan fingerprint density at radius 3 is 2.59 bits per heavy atom. The predicted octanol–water partition coefficient (Wildman–Crippen LogP) is 2.83. The highest BCUT2D eigenvalue weighted by atomic mass is 19.4. The van der Waals surface area contributed by atoms with Gasteiger partial charge in [0.25, 0.3) is 0 Å². The lowest BCUT2D eigenvalue weighted by Crippen LogP contribution is -2.23. The van der Waals surface area contributed by atoms with Crippen molar-refractivity contribution in [2.24, 2.45) is 5.73 Å². The molecule has 0 aliphatic carbocycles. The molecule has 4 N–H and O–H groups in total. The van der Waals surface area contributed by atoms with Crippen LogP contribution in [0.15, 0.2) is 48.3 Å². The van der Waals surface area contributed by atoms with Gasteiger partial charge in [0.15, 0.2) is 0 Å². The number of rotatable bonds is 7.